The molecule has 3 amide bonds. The lowest BCUT2D eigenvalue weighted by molar-refractivity contribution is -0.126. The molecule has 0 saturated carbocycles. The fraction of sp³-hybridized carbons (Fsp3) is 0.314. The second-order valence-corrected chi connectivity index (χ2v) is 12.5. The molecule has 3 aromatic carbocycles. The number of nitrogens with one attached hydrogen (secondary N) is 1. The van der Waals surface area contributed by atoms with Gasteiger partial charge in [0.05, 0.1) is 18.8 Å². The number of hydrogen-bond acceptors (Lipinski definition) is 9. The van der Waals surface area contributed by atoms with Gasteiger partial charge in [0.25, 0.3) is 0 Å². The maximum atomic E-state index is 13.8. The van der Waals surface area contributed by atoms with Gasteiger partial charge in [0, 0.05) is 24.7 Å². The van der Waals surface area contributed by atoms with Crippen molar-refractivity contribution in [2.24, 2.45) is 4.99 Å². The monoisotopic (exact) mass is 654 g/mol. The lowest BCUT2D eigenvalue weighted by atomic mass is 10.1. The summed E-state index contributed by atoms with van der Waals surface area (Å²) in [6, 6.07) is 21.5. The van der Waals surface area contributed by atoms with E-state index < -0.39 is 17.4 Å². The summed E-state index contributed by atoms with van der Waals surface area (Å²) in [5, 5.41) is 2.97. The average molecular weight is 655 g/mol. The summed E-state index contributed by atoms with van der Waals surface area (Å²) in [6.45, 7) is 2.47. The van der Waals surface area contributed by atoms with E-state index in [0.717, 1.165) is 23.3 Å². The Balaban J connectivity index is 1.03. The molecule has 47 heavy (non-hydrogen) atoms. The molecule has 2 fully saturated rings. The number of fused-ring (bicyclic) bond motifs is 1. The number of thioether (sulfide) groups is 1. The number of hydrogen-bond donors (Lipinski definition) is 1. The van der Waals surface area contributed by atoms with Crippen molar-refractivity contribution in [3.05, 3.63) is 95.8 Å². The molecule has 0 radical (unpaired) electrons. The fourth-order valence-electron chi connectivity index (χ4n) is 5.87. The summed E-state index contributed by atoms with van der Waals surface area (Å²) in [5.41, 5.74) is 2.89. The molecule has 1 N–H and O–H groups in total. The molecule has 4 aliphatic heterocycles. The summed E-state index contributed by atoms with van der Waals surface area (Å²) >= 11 is 1.37. The van der Waals surface area contributed by atoms with Crippen LogP contribution in [0.15, 0.2) is 89.6 Å². The number of rotatable bonds is 8. The van der Waals surface area contributed by atoms with Crippen LogP contribution in [0.4, 0.5) is 16.2 Å². The van der Waals surface area contributed by atoms with Gasteiger partial charge in [-0.3, -0.25) is 19.4 Å². The first-order valence-electron chi connectivity index (χ1n) is 15.7. The van der Waals surface area contributed by atoms with E-state index in [1.807, 2.05) is 66.7 Å². The molecule has 2 atom stereocenters. The van der Waals surface area contributed by atoms with Crippen molar-refractivity contribution in [2.75, 3.05) is 38.2 Å². The highest BCUT2D eigenvalue weighted by Gasteiger charge is 2.40. The Morgan fingerprint density at radius 1 is 0.957 bits per heavy atom. The van der Waals surface area contributed by atoms with Crippen molar-refractivity contribution in [2.45, 2.75) is 37.2 Å². The van der Waals surface area contributed by atoms with Crippen molar-refractivity contribution in [3.8, 4) is 11.5 Å². The largest absolute Gasteiger partial charge is 0.496 e. The molecule has 2 saturated heterocycles. The van der Waals surface area contributed by atoms with Crippen LogP contribution in [0, 0.1) is 0 Å². The fourth-order valence-corrected chi connectivity index (χ4v) is 7.04. The number of carbonyl (C=O) groups is 3. The molecule has 1 unspecified atom stereocenters. The number of nitrogens with zero attached hydrogens (tertiary/aromatic N) is 3. The number of anilines is 1. The Morgan fingerprint density at radius 3 is 2.55 bits per heavy atom. The van der Waals surface area contributed by atoms with Crippen LogP contribution in [0.5, 0.6) is 11.5 Å². The van der Waals surface area contributed by atoms with E-state index in [2.05, 4.69) is 5.32 Å². The topological polar surface area (TPSA) is 119 Å². The van der Waals surface area contributed by atoms with E-state index in [0.29, 0.717) is 73.8 Å². The second-order valence-electron chi connectivity index (χ2n) is 11.5. The van der Waals surface area contributed by atoms with Crippen LogP contribution in [-0.2, 0) is 25.7 Å². The highest BCUT2D eigenvalue weighted by molar-refractivity contribution is 8.15. The Labute approximate surface area is 276 Å². The molecule has 0 aromatic heterocycles. The third-order valence-corrected chi connectivity index (χ3v) is 9.49. The van der Waals surface area contributed by atoms with Crippen molar-refractivity contribution in [1.82, 2.24) is 9.80 Å². The van der Waals surface area contributed by atoms with Gasteiger partial charge in [0.1, 0.15) is 36.9 Å². The number of amides is 3. The number of carbonyl (C=O) groups excluding carboxylic acids is 3. The predicted octanol–water partition coefficient (Wildman–Crippen LogP) is 5.81. The summed E-state index contributed by atoms with van der Waals surface area (Å²) in [7, 11) is 0. The van der Waals surface area contributed by atoms with Gasteiger partial charge < -0.3 is 24.3 Å². The lowest BCUT2D eigenvalue weighted by Crippen LogP contribution is -2.43. The molecule has 11 nitrogen and oxygen atoms in total. The van der Waals surface area contributed by atoms with Crippen molar-refractivity contribution in [3.63, 3.8) is 0 Å². The number of aliphatic imine (C=N–C) groups is 1. The quantitative estimate of drug-likeness (QED) is 0.324. The van der Waals surface area contributed by atoms with Crippen LogP contribution >= 0.6 is 11.8 Å². The van der Waals surface area contributed by atoms with Gasteiger partial charge in [0.2, 0.25) is 11.8 Å². The highest BCUT2D eigenvalue weighted by Crippen LogP contribution is 2.42. The first-order valence-corrected chi connectivity index (χ1v) is 16.6. The molecular formula is C35H34N4O7S. The SMILES string of the molecule is O=C(Nc1ccc(C2SC(=Nc3ccc4c(c3)OCCO4)N(CC3=CCCO3)C2=O)cc1)[C@@H]1CCCN1C(=O)OCc1ccccc1. The van der Waals surface area contributed by atoms with Gasteiger partial charge in [-0.05, 0) is 54.3 Å². The third-order valence-electron chi connectivity index (χ3n) is 8.26. The van der Waals surface area contributed by atoms with E-state index in [4.69, 9.17) is 23.9 Å². The average Bonchev–Trinajstić information content (AvgIpc) is 3.87. The molecule has 0 spiro atoms. The third kappa shape index (κ3) is 6.92. The summed E-state index contributed by atoms with van der Waals surface area (Å²) in [5.74, 6) is 1.67. The smallest absolute Gasteiger partial charge is 0.410 e. The van der Waals surface area contributed by atoms with Crippen LogP contribution in [0.3, 0.4) is 0 Å². The molecular weight excluding hydrogens is 620 g/mol. The normalized spacial score (nSPS) is 21.1. The lowest BCUT2D eigenvalue weighted by Gasteiger charge is -2.23. The van der Waals surface area contributed by atoms with Gasteiger partial charge in [-0.1, -0.05) is 54.2 Å². The van der Waals surface area contributed by atoms with Gasteiger partial charge in [-0.2, -0.15) is 0 Å². The van der Waals surface area contributed by atoms with E-state index in [1.165, 1.54) is 16.7 Å². The molecule has 4 heterocycles. The van der Waals surface area contributed by atoms with Crippen LogP contribution < -0.4 is 14.8 Å². The van der Waals surface area contributed by atoms with E-state index in [-0.39, 0.29) is 18.4 Å². The van der Waals surface area contributed by atoms with E-state index >= 15 is 0 Å². The maximum absolute atomic E-state index is 13.8. The predicted molar refractivity (Wildman–Crippen MR) is 177 cm³/mol. The van der Waals surface area contributed by atoms with Gasteiger partial charge in [-0.25, -0.2) is 9.79 Å². The van der Waals surface area contributed by atoms with Gasteiger partial charge in [-0.15, -0.1) is 0 Å². The molecule has 242 valence electrons. The Hall–Kier alpha value is -4.97. The summed E-state index contributed by atoms with van der Waals surface area (Å²) in [4.78, 5) is 47.8. The Morgan fingerprint density at radius 2 is 1.77 bits per heavy atom. The van der Waals surface area contributed by atoms with Crippen molar-refractivity contribution in [1.29, 1.82) is 0 Å². The van der Waals surface area contributed by atoms with E-state index in [9.17, 15) is 14.4 Å². The number of benzene rings is 3. The van der Waals surface area contributed by atoms with Crippen molar-refractivity contribution < 1.29 is 33.3 Å². The minimum absolute atomic E-state index is 0.102. The minimum atomic E-state index is -0.620. The zero-order chi connectivity index (χ0) is 32.2. The molecule has 7 rings (SSSR count). The summed E-state index contributed by atoms with van der Waals surface area (Å²) < 4.78 is 22.6. The number of ether oxygens (including phenoxy) is 4. The van der Waals surface area contributed by atoms with Crippen LogP contribution in [0.25, 0.3) is 0 Å². The minimum Gasteiger partial charge on any atom is -0.496 e. The first kappa shape index (κ1) is 30.7. The highest BCUT2D eigenvalue weighted by atomic mass is 32.2. The van der Waals surface area contributed by atoms with Crippen LogP contribution in [0.2, 0.25) is 0 Å². The molecule has 3 aromatic rings. The number of likely N-dealkylation sites (tertiary alicyclic amines) is 1. The maximum Gasteiger partial charge on any atom is 0.410 e. The van der Waals surface area contributed by atoms with Crippen LogP contribution in [-0.4, -0.2) is 71.8 Å². The number of amidine groups is 1. The van der Waals surface area contributed by atoms with Gasteiger partial charge in [0.15, 0.2) is 16.7 Å². The molecule has 0 bridgehead atoms. The standard InChI is InChI=1S/C35H34N4O7S/c40-32(28-9-4-16-38(28)35(42)46-22-23-6-2-1-3-7-23)36-25-12-10-24(11-13-25)31-33(41)39(21-27-8-5-17-43-27)34(47-31)37-26-14-15-29-30(20-26)45-19-18-44-29/h1-3,6-8,10-15,20,28,31H,4-5,9,16-19,21-22H2,(H,36,40)/t28-,31?/m0/s1. The first-order chi connectivity index (χ1) is 23.0. The Bertz CT molecular complexity index is 1710. The van der Waals surface area contributed by atoms with Gasteiger partial charge >= 0.3 is 6.09 Å². The Kier molecular flexibility index (Phi) is 9.00. The zero-order valence-electron chi connectivity index (χ0n) is 25.6. The van der Waals surface area contributed by atoms with Crippen molar-refractivity contribution >= 4 is 46.2 Å². The summed E-state index contributed by atoms with van der Waals surface area (Å²) in [6.07, 6.45) is 3.57. The second kappa shape index (κ2) is 13.8. The van der Waals surface area contributed by atoms with E-state index in [1.54, 1.807) is 17.0 Å². The zero-order valence-corrected chi connectivity index (χ0v) is 26.4. The molecule has 0 aliphatic carbocycles. The molecule has 12 heteroatoms. The van der Waals surface area contributed by atoms with Crippen LogP contribution in [0.1, 0.15) is 35.6 Å². The molecule has 4 aliphatic rings.